The molecule has 0 unspecified atom stereocenters. The molecule has 3 nitrogen and oxygen atoms in total. The molecule has 0 saturated carbocycles. The maximum Gasteiger partial charge on any atom is 0.235 e. The van der Waals surface area contributed by atoms with Gasteiger partial charge in [0.25, 0.3) is 0 Å². The SMILES string of the molecule is CCC1=CN2C(=O)C[C@@H]2O1. The number of allylic oxidation sites excluding steroid dienone is 1. The Balaban J connectivity index is 2.12. The third-order valence-electron chi connectivity index (χ3n) is 1.87. The molecule has 0 aliphatic carbocycles. The molecular formula is C7H9NO2. The van der Waals surface area contributed by atoms with E-state index >= 15 is 0 Å². The molecule has 1 amide bonds. The van der Waals surface area contributed by atoms with Gasteiger partial charge < -0.3 is 4.74 Å². The topological polar surface area (TPSA) is 29.5 Å². The number of fused-ring (bicyclic) bond motifs is 1. The normalized spacial score (nSPS) is 28.9. The molecule has 0 bridgehead atoms. The molecule has 0 aromatic heterocycles. The van der Waals surface area contributed by atoms with Gasteiger partial charge in [-0.25, -0.2) is 0 Å². The van der Waals surface area contributed by atoms with Crippen molar-refractivity contribution in [2.24, 2.45) is 0 Å². The van der Waals surface area contributed by atoms with E-state index < -0.39 is 0 Å². The van der Waals surface area contributed by atoms with Gasteiger partial charge in [0, 0.05) is 12.6 Å². The molecule has 54 valence electrons. The lowest BCUT2D eigenvalue weighted by molar-refractivity contribution is -0.153. The largest absolute Gasteiger partial charge is 0.472 e. The average molecular weight is 139 g/mol. The molecule has 2 rings (SSSR count). The minimum atomic E-state index is 0.0439. The molecule has 0 aromatic rings. The van der Waals surface area contributed by atoms with Crippen LogP contribution >= 0.6 is 0 Å². The summed E-state index contributed by atoms with van der Waals surface area (Å²) in [6.45, 7) is 2.02. The molecule has 2 aliphatic rings. The average Bonchev–Trinajstić information content (AvgIpc) is 2.26. The predicted molar refractivity (Wildman–Crippen MR) is 34.7 cm³/mol. The van der Waals surface area contributed by atoms with Crippen LogP contribution in [0.1, 0.15) is 19.8 Å². The highest BCUT2D eigenvalue weighted by atomic mass is 16.5. The van der Waals surface area contributed by atoms with Crippen LogP contribution in [0.15, 0.2) is 12.0 Å². The van der Waals surface area contributed by atoms with Crippen LogP contribution < -0.4 is 0 Å². The summed E-state index contributed by atoms with van der Waals surface area (Å²) in [6.07, 6.45) is 3.28. The van der Waals surface area contributed by atoms with Crippen molar-refractivity contribution in [2.75, 3.05) is 0 Å². The van der Waals surface area contributed by atoms with E-state index in [0.29, 0.717) is 6.42 Å². The van der Waals surface area contributed by atoms with E-state index in [9.17, 15) is 4.79 Å². The van der Waals surface area contributed by atoms with Crippen molar-refractivity contribution in [1.29, 1.82) is 0 Å². The highest BCUT2D eigenvalue weighted by Crippen LogP contribution is 2.30. The number of nitrogens with zero attached hydrogens (tertiary/aromatic N) is 1. The van der Waals surface area contributed by atoms with Gasteiger partial charge in [-0.15, -0.1) is 0 Å². The van der Waals surface area contributed by atoms with E-state index in [4.69, 9.17) is 4.74 Å². The molecule has 1 fully saturated rings. The van der Waals surface area contributed by atoms with Crippen LogP contribution in [0.3, 0.4) is 0 Å². The number of amides is 1. The zero-order valence-electron chi connectivity index (χ0n) is 5.83. The summed E-state index contributed by atoms with van der Waals surface area (Å²) in [7, 11) is 0. The molecule has 1 atom stereocenters. The molecule has 3 heteroatoms. The molecular weight excluding hydrogens is 130 g/mol. The summed E-state index contributed by atoms with van der Waals surface area (Å²) < 4.78 is 5.35. The molecule has 0 spiro atoms. The number of hydrogen-bond acceptors (Lipinski definition) is 2. The van der Waals surface area contributed by atoms with E-state index in [-0.39, 0.29) is 12.1 Å². The van der Waals surface area contributed by atoms with Gasteiger partial charge in [0.1, 0.15) is 5.76 Å². The van der Waals surface area contributed by atoms with Crippen LogP contribution in [-0.4, -0.2) is 17.0 Å². The van der Waals surface area contributed by atoms with Crippen LogP contribution in [0.2, 0.25) is 0 Å². The van der Waals surface area contributed by atoms with Crippen LogP contribution in [0.25, 0.3) is 0 Å². The van der Waals surface area contributed by atoms with Crippen molar-refractivity contribution in [3.8, 4) is 0 Å². The van der Waals surface area contributed by atoms with Crippen LogP contribution in [-0.2, 0) is 9.53 Å². The third kappa shape index (κ3) is 0.574. The molecule has 0 N–H and O–H groups in total. The fourth-order valence-corrected chi connectivity index (χ4v) is 1.19. The van der Waals surface area contributed by atoms with Crippen molar-refractivity contribution in [1.82, 2.24) is 4.90 Å². The smallest absolute Gasteiger partial charge is 0.235 e. The third-order valence-corrected chi connectivity index (χ3v) is 1.87. The molecule has 10 heavy (non-hydrogen) atoms. The lowest BCUT2D eigenvalue weighted by Gasteiger charge is -2.31. The number of β-lactam (4-membered cyclic amide) rings is 1. The quantitative estimate of drug-likeness (QED) is 0.503. The van der Waals surface area contributed by atoms with Gasteiger partial charge in [0.2, 0.25) is 5.91 Å². The minimum Gasteiger partial charge on any atom is -0.472 e. The molecule has 1 saturated heterocycles. The van der Waals surface area contributed by atoms with Crippen molar-refractivity contribution in [3.63, 3.8) is 0 Å². The first kappa shape index (κ1) is 5.77. The van der Waals surface area contributed by atoms with Gasteiger partial charge >= 0.3 is 0 Å². The van der Waals surface area contributed by atoms with E-state index in [1.54, 1.807) is 11.1 Å². The predicted octanol–water partition coefficient (Wildman–Crippen LogP) is 0.826. The molecule has 2 aliphatic heterocycles. The van der Waals surface area contributed by atoms with Crippen LogP contribution in [0, 0.1) is 0 Å². The number of hydrogen-bond donors (Lipinski definition) is 0. The summed E-state index contributed by atoms with van der Waals surface area (Å²) in [6, 6.07) is 0. The van der Waals surface area contributed by atoms with Crippen molar-refractivity contribution >= 4 is 5.91 Å². The monoisotopic (exact) mass is 139 g/mol. The fraction of sp³-hybridized carbons (Fsp3) is 0.571. The Morgan fingerprint density at radius 3 is 3.20 bits per heavy atom. The summed E-state index contributed by atoms with van der Waals surface area (Å²) >= 11 is 0. The van der Waals surface area contributed by atoms with E-state index in [1.165, 1.54) is 0 Å². The lowest BCUT2D eigenvalue weighted by Crippen LogP contribution is -2.46. The number of ether oxygens (including phenoxy) is 1. The van der Waals surface area contributed by atoms with E-state index in [1.807, 2.05) is 6.92 Å². The minimum absolute atomic E-state index is 0.0439. The van der Waals surface area contributed by atoms with Gasteiger partial charge in [-0.05, 0) is 0 Å². The zero-order chi connectivity index (χ0) is 7.14. The van der Waals surface area contributed by atoms with Gasteiger partial charge in [0.05, 0.1) is 6.42 Å². The Bertz CT molecular complexity index is 210. The first-order valence-corrected chi connectivity index (χ1v) is 3.50. The second-order valence-electron chi connectivity index (χ2n) is 2.53. The molecule has 2 heterocycles. The van der Waals surface area contributed by atoms with Gasteiger partial charge in [0.15, 0.2) is 6.23 Å². The number of rotatable bonds is 1. The summed E-state index contributed by atoms with van der Waals surface area (Å²) in [5.41, 5.74) is 0. The Hall–Kier alpha value is -0.990. The first-order chi connectivity index (χ1) is 4.81. The van der Waals surface area contributed by atoms with Crippen molar-refractivity contribution in [3.05, 3.63) is 12.0 Å². The van der Waals surface area contributed by atoms with Crippen LogP contribution in [0.5, 0.6) is 0 Å². The lowest BCUT2D eigenvalue weighted by atomic mass is 10.2. The Labute approximate surface area is 59.3 Å². The fourth-order valence-electron chi connectivity index (χ4n) is 1.19. The Kier molecular flexibility index (Phi) is 1.01. The maximum absolute atomic E-state index is 10.8. The number of carbonyl (C=O) groups excluding carboxylic acids is 1. The standard InChI is InChI=1S/C7H9NO2/c1-2-5-4-8-6(9)3-7(8)10-5/h4,7H,2-3H2,1H3/t7-/m0/s1. The van der Waals surface area contributed by atoms with Gasteiger partial charge in [-0.2, -0.15) is 0 Å². The zero-order valence-corrected chi connectivity index (χ0v) is 5.83. The number of carbonyl (C=O) groups is 1. The first-order valence-electron chi connectivity index (χ1n) is 3.50. The second-order valence-corrected chi connectivity index (χ2v) is 2.53. The summed E-state index contributed by atoms with van der Waals surface area (Å²) in [5.74, 6) is 1.10. The van der Waals surface area contributed by atoms with Crippen molar-refractivity contribution < 1.29 is 9.53 Å². The maximum atomic E-state index is 10.8. The van der Waals surface area contributed by atoms with Gasteiger partial charge in [-0.3, -0.25) is 9.69 Å². The summed E-state index contributed by atoms with van der Waals surface area (Å²) in [5, 5.41) is 0. The molecule has 0 radical (unpaired) electrons. The Morgan fingerprint density at radius 2 is 2.70 bits per heavy atom. The van der Waals surface area contributed by atoms with E-state index in [0.717, 1.165) is 12.2 Å². The highest BCUT2D eigenvalue weighted by molar-refractivity contribution is 5.84. The van der Waals surface area contributed by atoms with Crippen LogP contribution in [0.4, 0.5) is 0 Å². The molecule has 0 aromatic carbocycles. The van der Waals surface area contributed by atoms with Gasteiger partial charge in [-0.1, -0.05) is 6.92 Å². The van der Waals surface area contributed by atoms with Crippen molar-refractivity contribution in [2.45, 2.75) is 26.0 Å². The van der Waals surface area contributed by atoms with E-state index in [2.05, 4.69) is 0 Å². The summed E-state index contributed by atoms with van der Waals surface area (Å²) in [4.78, 5) is 12.4. The second kappa shape index (κ2) is 1.75. The Morgan fingerprint density at radius 1 is 1.90 bits per heavy atom. The highest BCUT2D eigenvalue weighted by Gasteiger charge is 2.40.